The molecular formula is C17H13N3O2S. The van der Waals surface area contributed by atoms with Crippen molar-refractivity contribution in [2.24, 2.45) is 0 Å². The van der Waals surface area contributed by atoms with Crippen LogP contribution >= 0.6 is 11.3 Å². The molecule has 3 heterocycles. The lowest BCUT2D eigenvalue weighted by Crippen LogP contribution is -1.83. The summed E-state index contributed by atoms with van der Waals surface area (Å²) in [7, 11) is 0. The fourth-order valence-corrected chi connectivity index (χ4v) is 2.99. The van der Waals surface area contributed by atoms with E-state index < -0.39 is 0 Å². The highest BCUT2D eigenvalue weighted by atomic mass is 32.1. The van der Waals surface area contributed by atoms with Crippen molar-refractivity contribution in [3.63, 3.8) is 0 Å². The van der Waals surface area contributed by atoms with Gasteiger partial charge in [0.1, 0.15) is 0 Å². The summed E-state index contributed by atoms with van der Waals surface area (Å²) in [6.45, 7) is 2.11. The third kappa shape index (κ3) is 2.68. The first-order chi connectivity index (χ1) is 11.3. The number of aryl methyl sites for hydroxylation is 1. The fourth-order valence-electron chi connectivity index (χ4n) is 2.24. The Kier molecular flexibility index (Phi) is 3.51. The molecule has 0 saturated heterocycles. The SMILES string of the molecule is CCc1nc(-c2ccc(-c3noc(-c4ccco4)n3)cc2)cs1. The Labute approximate surface area is 136 Å². The van der Waals surface area contributed by atoms with E-state index in [2.05, 4.69) is 27.4 Å². The average Bonchev–Trinajstić information content (AvgIpc) is 3.34. The second-order valence-electron chi connectivity index (χ2n) is 4.96. The molecule has 4 aromatic rings. The molecular weight excluding hydrogens is 310 g/mol. The second-order valence-corrected chi connectivity index (χ2v) is 5.90. The largest absolute Gasteiger partial charge is 0.459 e. The summed E-state index contributed by atoms with van der Waals surface area (Å²) in [5, 5.41) is 7.23. The summed E-state index contributed by atoms with van der Waals surface area (Å²) in [5.74, 6) is 1.48. The van der Waals surface area contributed by atoms with Gasteiger partial charge < -0.3 is 8.94 Å². The van der Waals surface area contributed by atoms with Crippen LogP contribution in [-0.4, -0.2) is 15.1 Å². The fraction of sp³-hybridized carbons (Fsp3) is 0.118. The van der Waals surface area contributed by atoms with Crippen molar-refractivity contribution in [2.45, 2.75) is 13.3 Å². The van der Waals surface area contributed by atoms with Crippen LogP contribution in [0.5, 0.6) is 0 Å². The highest BCUT2D eigenvalue weighted by Crippen LogP contribution is 2.26. The van der Waals surface area contributed by atoms with E-state index in [-0.39, 0.29) is 0 Å². The van der Waals surface area contributed by atoms with Gasteiger partial charge in [-0.05, 0) is 18.6 Å². The minimum Gasteiger partial charge on any atom is -0.459 e. The van der Waals surface area contributed by atoms with Crippen molar-refractivity contribution in [2.75, 3.05) is 0 Å². The Morgan fingerprint density at radius 3 is 2.57 bits per heavy atom. The number of benzene rings is 1. The van der Waals surface area contributed by atoms with E-state index in [9.17, 15) is 0 Å². The summed E-state index contributed by atoms with van der Waals surface area (Å²) >= 11 is 1.69. The van der Waals surface area contributed by atoms with Gasteiger partial charge in [-0.15, -0.1) is 11.3 Å². The molecule has 114 valence electrons. The van der Waals surface area contributed by atoms with Crippen LogP contribution in [0.1, 0.15) is 11.9 Å². The molecule has 23 heavy (non-hydrogen) atoms. The molecule has 3 aromatic heterocycles. The first kappa shape index (κ1) is 13.9. The van der Waals surface area contributed by atoms with Crippen LogP contribution in [0.3, 0.4) is 0 Å². The standard InChI is InChI=1S/C17H13N3O2S/c1-2-15-18-13(10-23-15)11-5-7-12(8-6-11)16-19-17(22-20-16)14-4-3-9-21-14/h3-10H,2H2,1H3. The summed E-state index contributed by atoms with van der Waals surface area (Å²) < 4.78 is 10.5. The lowest BCUT2D eigenvalue weighted by atomic mass is 10.1. The van der Waals surface area contributed by atoms with Gasteiger partial charge >= 0.3 is 0 Å². The number of nitrogens with zero attached hydrogens (tertiary/aromatic N) is 3. The zero-order valence-electron chi connectivity index (χ0n) is 12.4. The number of aromatic nitrogens is 3. The van der Waals surface area contributed by atoms with Gasteiger partial charge in [0.25, 0.3) is 5.89 Å². The quantitative estimate of drug-likeness (QED) is 0.545. The van der Waals surface area contributed by atoms with E-state index in [4.69, 9.17) is 8.94 Å². The molecule has 0 aliphatic rings. The van der Waals surface area contributed by atoms with Crippen LogP contribution in [-0.2, 0) is 6.42 Å². The minimum atomic E-state index is 0.376. The predicted octanol–water partition coefficient (Wildman–Crippen LogP) is 4.68. The zero-order valence-corrected chi connectivity index (χ0v) is 13.2. The van der Waals surface area contributed by atoms with Gasteiger partial charge in [0, 0.05) is 16.5 Å². The molecule has 0 unspecified atom stereocenters. The zero-order chi connectivity index (χ0) is 15.6. The van der Waals surface area contributed by atoms with Crippen molar-refractivity contribution in [3.8, 4) is 34.3 Å². The molecule has 0 fully saturated rings. The molecule has 0 aliphatic carbocycles. The van der Waals surface area contributed by atoms with Crippen molar-refractivity contribution in [3.05, 3.63) is 53.0 Å². The average molecular weight is 323 g/mol. The van der Waals surface area contributed by atoms with Gasteiger partial charge in [0.05, 0.1) is 17.0 Å². The molecule has 5 nitrogen and oxygen atoms in total. The summed E-state index contributed by atoms with van der Waals surface area (Å²) in [5.41, 5.74) is 2.98. The smallest absolute Gasteiger partial charge is 0.293 e. The second kappa shape index (κ2) is 5.81. The first-order valence-electron chi connectivity index (χ1n) is 7.26. The molecule has 6 heteroatoms. The molecule has 0 bridgehead atoms. The Morgan fingerprint density at radius 2 is 1.87 bits per heavy atom. The van der Waals surface area contributed by atoms with Crippen molar-refractivity contribution in [1.82, 2.24) is 15.1 Å². The van der Waals surface area contributed by atoms with Crippen LogP contribution in [0, 0.1) is 0 Å². The van der Waals surface area contributed by atoms with E-state index in [1.807, 2.05) is 24.3 Å². The Balaban J connectivity index is 1.61. The minimum absolute atomic E-state index is 0.376. The molecule has 0 spiro atoms. The van der Waals surface area contributed by atoms with E-state index in [0.717, 1.165) is 28.2 Å². The van der Waals surface area contributed by atoms with Crippen LogP contribution in [0.15, 0.2) is 57.0 Å². The number of furan rings is 1. The Bertz CT molecular complexity index is 908. The maximum Gasteiger partial charge on any atom is 0.293 e. The maximum absolute atomic E-state index is 5.26. The molecule has 1 aromatic carbocycles. The van der Waals surface area contributed by atoms with E-state index >= 15 is 0 Å². The van der Waals surface area contributed by atoms with E-state index in [1.165, 1.54) is 0 Å². The number of thiazole rings is 1. The Morgan fingerprint density at radius 1 is 1.04 bits per heavy atom. The lowest BCUT2D eigenvalue weighted by Gasteiger charge is -1.98. The molecule has 0 atom stereocenters. The first-order valence-corrected chi connectivity index (χ1v) is 8.14. The van der Waals surface area contributed by atoms with Crippen LogP contribution in [0.2, 0.25) is 0 Å². The molecule has 0 radical (unpaired) electrons. The number of hydrogen-bond donors (Lipinski definition) is 0. The highest BCUT2D eigenvalue weighted by molar-refractivity contribution is 7.09. The third-order valence-electron chi connectivity index (χ3n) is 3.45. The van der Waals surface area contributed by atoms with Crippen LogP contribution < -0.4 is 0 Å². The molecule has 0 saturated carbocycles. The van der Waals surface area contributed by atoms with Crippen LogP contribution in [0.25, 0.3) is 34.3 Å². The highest BCUT2D eigenvalue weighted by Gasteiger charge is 2.13. The number of rotatable bonds is 4. The van der Waals surface area contributed by atoms with Gasteiger partial charge in [-0.2, -0.15) is 4.98 Å². The van der Waals surface area contributed by atoms with Crippen molar-refractivity contribution in [1.29, 1.82) is 0 Å². The van der Waals surface area contributed by atoms with Gasteiger partial charge in [-0.25, -0.2) is 4.98 Å². The van der Waals surface area contributed by atoms with Gasteiger partial charge in [-0.1, -0.05) is 36.3 Å². The molecule has 0 amide bonds. The van der Waals surface area contributed by atoms with E-state index in [0.29, 0.717) is 17.5 Å². The normalized spacial score (nSPS) is 11.0. The predicted molar refractivity (Wildman–Crippen MR) is 87.9 cm³/mol. The topological polar surface area (TPSA) is 65.0 Å². The summed E-state index contributed by atoms with van der Waals surface area (Å²) in [6, 6.07) is 11.5. The van der Waals surface area contributed by atoms with Crippen LogP contribution in [0.4, 0.5) is 0 Å². The molecule has 0 N–H and O–H groups in total. The third-order valence-corrected chi connectivity index (χ3v) is 4.44. The lowest BCUT2D eigenvalue weighted by molar-refractivity contribution is 0.417. The molecule has 0 aliphatic heterocycles. The van der Waals surface area contributed by atoms with E-state index in [1.54, 1.807) is 29.7 Å². The van der Waals surface area contributed by atoms with Crippen molar-refractivity contribution < 1.29 is 8.94 Å². The number of hydrogen-bond acceptors (Lipinski definition) is 6. The Hall–Kier alpha value is -2.73. The summed E-state index contributed by atoms with van der Waals surface area (Å²) in [4.78, 5) is 8.95. The maximum atomic E-state index is 5.26. The molecule has 4 rings (SSSR count). The monoisotopic (exact) mass is 323 g/mol. The van der Waals surface area contributed by atoms with Crippen molar-refractivity contribution >= 4 is 11.3 Å². The summed E-state index contributed by atoms with van der Waals surface area (Å²) in [6.07, 6.45) is 2.54. The van der Waals surface area contributed by atoms with Gasteiger partial charge in [0.2, 0.25) is 5.82 Å². The van der Waals surface area contributed by atoms with Gasteiger partial charge in [-0.3, -0.25) is 0 Å². The van der Waals surface area contributed by atoms with Gasteiger partial charge in [0.15, 0.2) is 5.76 Å².